The van der Waals surface area contributed by atoms with Gasteiger partial charge in [0.15, 0.2) is 0 Å². The molecule has 1 atom stereocenters. The molecule has 0 radical (unpaired) electrons. The lowest BCUT2D eigenvalue weighted by Gasteiger charge is -2.28. The molecule has 1 aliphatic rings. The number of hydrogen-bond acceptors (Lipinski definition) is 3. The second-order valence-corrected chi connectivity index (χ2v) is 8.14. The van der Waals surface area contributed by atoms with Crippen molar-refractivity contribution >= 4 is 16.9 Å². The number of fused-ring (bicyclic) bond motifs is 2. The van der Waals surface area contributed by atoms with E-state index in [4.69, 9.17) is 4.98 Å². The fourth-order valence-corrected chi connectivity index (χ4v) is 4.07. The van der Waals surface area contributed by atoms with Crippen LogP contribution in [0.5, 0.6) is 0 Å². The fraction of sp³-hybridized carbons (Fsp3) is 0.500. The van der Waals surface area contributed by atoms with Crippen LogP contribution >= 0.6 is 0 Å². The average Bonchev–Trinajstić information content (AvgIpc) is 3.29. The van der Waals surface area contributed by atoms with E-state index in [0.29, 0.717) is 19.0 Å². The van der Waals surface area contributed by atoms with Crippen LogP contribution in [0, 0.1) is 0 Å². The zero-order valence-electron chi connectivity index (χ0n) is 17.2. The monoisotopic (exact) mass is 379 g/mol. The molecule has 3 heterocycles. The lowest BCUT2D eigenvalue weighted by Crippen LogP contribution is -2.38. The lowest BCUT2D eigenvalue weighted by atomic mass is 9.96. The van der Waals surface area contributed by atoms with Crippen molar-refractivity contribution in [2.24, 2.45) is 0 Å². The van der Waals surface area contributed by atoms with Crippen LogP contribution in [0.25, 0.3) is 11.0 Å². The number of nitrogens with zero attached hydrogens (tertiary/aromatic N) is 4. The third-order valence-electron chi connectivity index (χ3n) is 5.89. The Morgan fingerprint density at radius 1 is 1.25 bits per heavy atom. The van der Waals surface area contributed by atoms with Crippen molar-refractivity contribution in [1.82, 2.24) is 24.6 Å². The van der Waals surface area contributed by atoms with E-state index in [1.165, 1.54) is 11.3 Å². The summed E-state index contributed by atoms with van der Waals surface area (Å²) in [6.07, 6.45) is 1.89. The molecular formula is C22H29N5O. The highest BCUT2D eigenvalue weighted by molar-refractivity contribution is 5.81. The van der Waals surface area contributed by atoms with E-state index >= 15 is 0 Å². The van der Waals surface area contributed by atoms with Crippen LogP contribution in [0.3, 0.4) is 0 Å². The van der Waals surface area contributed by atoms with Crippen molar-refractivity contribution in [3.05, 3.63) is 47.0 Å². The molecule has 1 unspecified atom stereocenters. The van der Waals surface area contributed by atoms with Gasteiger partial charge in [0.05, 0.1) is 16.7 Å². The Balaban J connectivity index is 1.60. The Morgan fingerprint density at radius 3 is 2.79 bits per heavy atom. The molecule has 4 rings (SSSR count). The number of hydrogen-bond donors (Lipinski definition) is 1. The number of benzene rings is 1. The first-order valence-electron chi connectivity index (χ1n) is 10.3. The number of aromatic nitrogens is 4. The first-order chi connectivity index (χ1) is 13.5. The van der Waals surface area contributed by atoms with E-state index < -0.39 is 0 Å². The molecule has 3 aromatic rings. The van der Waals surface area contributed by atoms with Crippen LogP contribution in [0.1, 0.15) is 68.7 Å². The third-order valence-corrected chi connectivity index (χ3v) is 5.89. The number of rotatable bonds is 5. The van der Waals surface area contributed by atoms with Crippen LogP contribution < -0.4 is 0 Å². The molecule has 1 amide bonds. The van der Waals surface area contributed by atoms with Gasteiger partial charge in [-0.25, -0.2) is 4.98 Å². The van der Waals surface area contributed by atoms with Crippen molar-refractivity contribution in [1.29, 1.82) is 0 Å². The van der Waals surface area contributed by atoms with Crippen molar-refractivity contribution in [2.45, 2.75) is 65.5 Å². The predicted molar refractivity (Wildman–Crippen MR) is 110 cm³/mol. The summed E-state index contributed by atoms with van der Waals surface area (Å²) in [7, 11) is 0. The molecule has 1 aliphatic heterocycles. The Bertz CT molecular complexity index is 1000. The molecule has 6 nitrogen and oxygen atoms in total. The maximum absolute atomic E-state index is 13.2. The van der Waals surface area contributed by atoms with Gasteiger partial charge < -0.3 is 9.47 Å². The molecule has 0 spiro atoms. The number of carbonyl (C=O) groups is 1. The minimum atomic E-state index is 0.145. The van der Waals surface area contributed by atoms with Gasteiger partial charge in [0.2, 0.25) is 5.91 Å². The van der Waals surface area contributed by atoms with Crippen LogP contribution in [0.4, 0.5) is 0 Å². The topological polar surface area (TPSA) is 66.8 Å². The smallest absolute Gasteiger partial charge is 0.242 e. The summed E-state index contributed by atoms with van der Waals surface area (Å²) in [5.74, 6) is 1.78. The largest absolute Gasteiger partial charge is 0.336 e. The van der Waals surface area contributed by atoms with Gasteiger partial charge in [-0.1, -0.05) is 39.8 Å². The molecule has 6 heteroatoms. The highest BCUT2D eigenvalue weighted by Crippen LogP contribution is 2.28. The van der Waals surface area contributed by atoms with Crippen molar-refractivity contribution in [3.8, 4) is 0 Å². The number of amides is 1. The Kier molecular flexibility index (Phi) is 4.96. The summed E-state index contributed by atoms with van der Waals surface area (Å²) in [5.41, 5.74) is 5.50. The molecule has 0 bridgehead atoms. The zero-order valence-corrected chi connectivity index (χ0v) is 17.2. The van der Waals surface area contributed by atoms with Gasteiger partial charge in [0.1, 0.15) is 12.4 Å². The molecule has 148 valence electrons. The third kappa shape index (κ3) is 3.21. The standard InChI is InChI=1S/C22H29N5O/c1-5-15(4)21-16-12-26(11-10-17(16)24-25-21)20(28)13-27-19-9-7-6-8-18(19)23-22(27)14(2)3/h6-9,14-15H,5,10-13H2,1-4H3,(H,24,25). The summed E-state index contributed by atoms with van der Waals surface area (Å²) in [4.78, 5) is 20.0. The average molecular weight is 380 g/mol. The minimum absolute atomic E-state index is 0.145. The number of carbonyl (C=O) groups excluding carboxylic acids is 1. The Labute approximate surface area is 166 Å². The molecule has 2 aromatic heterocycles. The summed E-state index contributed by atoms with van der Waals surface area (Å²) in [6, 6.07) is 8.06. The van der Waals surface area contributed by atoms with Crippen molar-refractivity contribution < 1.29 is 4.79 Å². The van der Waals surface area contributed by atoms with Crippen LogP contribution in [0.15, 0.2) is 24.3 Å². The highest BCUT2D eigenvalue weighted by atomic mass is 16.2. The number of H-pyrrole nitrogens is 1. The summed E-state index contributed by atoms with van der Waals surface area (Å²) in [6.45, 7) is 10.3. The van der Waals surface area contributed by atoms with E-state index in [9.17, 15) is 4.79 Å². The first kappa shape index (κ1) is 18.7. The quantitative estimate of drug-likeness (QED) is 0.729. The van der Waals surface area contributed by atoms with Crippen molar-refractivity contribution in [2.75, 3.05) is 6.54 Å². The van der Waals surface area contributed by atoms with E-state index in [2.05, 4.69) is 42.5 Å². The van der Waals surface area contributed by atoms with Gasteiger partial charge in [-0.05, 0) is 18.6 Å². The van der Waals surface area contributed by atoms with Gasteiger partial charge >= 0.3 is 0 Å². The maximum atomic E-state index is 13.2. The zero-order chi connectivity index (χ0) is 19.8. The van der Waals surface area contributed by atoms with Gasteiger partial charge in [-0.2, -0.15) is 5.10 Å². The van der Waals surface area contributed by atoms with Crippen LogP contribution in [0.2, 0.25) is 0 Å². The highest BCUT2D eigenvalue weighted by Gasteiger charge is 2.27. The number of aromatic amines is 1. The van der Waals surface area contributed by atoms with Gasteiger partial charge in [0, 0.05) is 42.6 Å². The first-order valence-corrected chi connectivity index (χ1v) is 10.3. The van der Waals surface area contributed by atoms with E-state index in [-0.39, 0.29) is 11.8 Å². The SMILES string of the molecule is CCC(C)c1n[nH]c2c1CN(C(=O)Cn1c(C(C)C)nc3ccccc31)CC2. The maximum Gasteiger partial charge on any atom is 0.242 e. The number of para-hydroxylation sites is 2. The normalized spacial score (nSPS) is 15.2. The Hall–Kier alpha value is -2.63. The summed E-state index contributed by atoms with van der Waals surface area (Å²) < 4.78 is 2.09. The number of imidazole rings is 1. The molecule has 0 saturated carbocycles. The summed E-state index contributed by atoms with van der Waals surface area (Å²) >= 11 is 0. The van der Waals surface area contributed by atoms with Crippen LogP contribution in [-0.2, 0) is 24.3 Å². The van der Waals surface area contributed by atoms with E-state index in [0.717, 1.165) is 41.9 Å². The van der Waals surface area contributed by atoms with E-state index in [1.54, 1.807) is 0 Å². The molecule has 0 saturated heterocycles. The molecule has 0 fully saturated rings. The van der Waals surface area contributed by atoms with Gasteiger partial charge in [0.25, 0.3) is 0 Å². The Morgan fingerprint density at radius 2 is 2.04 bits per heavy atom. The molecule has 1 aromatic carbocycles. The molecular weight excluding hydrogens is 350 g/mol. The van der Waals surface area contributed by atoms with Crippen LogP contribution in [-0.4, -0.2) is 37.1 Å². The molecule has 28 heavy (non-hydrogen) atoms. The summed E-state index contributed by atoms with van der Waals surface area (Å²) in [5, 5.41) is 7.73. The second-order valence-electron chi connectivity index (χ2n) is 8.14. The second kappa shape index (κ2) is 7.41. The van der Waals surface area contributed by atoms with Crippen molar-refractivity contribution in [3.63, 3.8) is 0 Å². The van der Waals surface area contributed by atoms with Gasteiger partial charge in [-0.3, -0.25) is 9.89 Å². The number of nitrogens with one attached hydrogen (secondary N) is 1. The molecule has 0 aliphatic carbocycles. The van der Waals surface area contributed by atoms with E-state index in [1.807, 2.05) is 29.2 Å². The fourth-order valence-electron chi connectivity index (χ4n) is 4.07. The predicted octanol–water partition coefficient (Wildman–Crippen LogP) is 3.98. The molecule has 1 N–H and O–H groups in total. The van der Waals surface area contributed by atoms with Gasteiger partial charge in [-0.15, -0.1) is 0 Å². The minimum Gasteiger partial charge on any atom is -0.336 e. The lowest BCUT2D eigenvalue weighted by molar-refractivity contribution is -0.132.